The first-order valence-electron chi connectivity index (χ1n) is 8.06. The molecule has 4 rings (SSSR count). The van der Waals surface area contributed by atoms with Crippen molar-refractivity contribution in [3.05, 3.63) is 59.2 Å². The lowest BCUT2D eigenvalue weighted by atomic mass is 10.1. The van der Waals surface area contributed by atoms with Crippen molar-refractivity contribution in [3.63, 3.8) is 0 Å². The lowest BCUT2D eigenvalue weighted by molar-refractivity contribution is -0.114. The summed E-state index contributed by atoms with van der Waals surface area (Å²) in [5.41, 5.74) is 11.0. The van der Waals surface area contributed by atoms with Gasteiger partial charge in [-0.2, -0.15) is 4.99 Å². The Bertz CT molecular complexity index is 761. The van der Waals surface area contributed by atoms with Gasteiger partial charge in [-0.3, -0.25) is 4.79 Å². The van der Waals surface area contributed by atoms with Crippen LogP contribution in [-0.2, 0) is 29.0 Å². The number of anilines is 1. The number of rotatable bonds is 1. The molecule has 2 aliphatic rings. The highest BCUT2D eigenvalue weighted by Crippen LogP contribution is 2.26. The third-order valence-corrected chi connectivity index (χ3v) is 4.02. The van der Waals surface area contributed by atoms with Gasteiger partial charge in [-0.15, -0.1) is 0 Å². The van der Waals surface area contributed by atoms with Crippen molar-refractivity contribution in [3.8, 4) is 0 Å². The van der Waals surface area contributed by atoms with Gasteiger partial charge in [0.15, 0.2) is 0 Å². The largest absolute Gasteiger partial charge is 0.460 e. The number of fused-ring (bicyclic) bond motifs is 2. The number of nitrogens with two attached hydrogens (primary N) is 1. The number of benzene rings is 2. The van der Waals surface area contributed by atoms with Crippen LogP contribution in [0.1, 0.15) is 30.0 Å². The minimum Gasteiger partial charge on any atom is -0.460 e. The molecule has 2 aromatic rings. The molecule has 1 aliphatic heterocycles. The van der Waals surface area contributed by atoms with Crippen molar-refractivity contribution in [2.24, 2.45) is 10.7 Å². The zero-order valence-electron chi connectivity index (χ0n) is 13.7. The second kappa shape index (κ2) is 7.17. The summed E-state index contributed by atoms with van der Waals surface area (Å²) < 4.78 is 5.08. The Kier molecular flexibility index (Phi) is 4.79. The summed E-state index contributed by atoms with van der Waals surface area (Å²) in [5.74, 6) is -0.102. The van der Waals surface area contributed by atoms with Crippen molar-refractivity contribution < 1.29 is 9.53 Å². The molecule has 2 aromatic carbocycles. The number of nitrogens with zero attached hydrogens (tertiary/aromatic N) is 1. The van der Waals surface area contributed by atoms with E-state index >= 15 is 0 Å². The normalized spacial score (nSPS) is 14.3. The van der Waals surface area contributed by atoms with Crippen LogP contribution in [-0.4, -0.2) is 11.9 Å². The van der Waals surface area contributed by atoms with Crippen LogP contribution in [0.5, 0.6) is 0 Å². The monoisotopic (exact) mass is 323 g/mol. The topological polar surface area (TPSA) is 76.7 Å². The van der Waals surface area contributed by atoms with E-state index in [1.54, 1.807) is 23.3 Å². The minimum absolute atomic E-state index is 0.102. The van der Waals surface area contributed by atoms with Crippen LogP contribution in [0.3, 0.4) is 0 Å². The number of amidine groups is 1. The third kappa shape index (κ3) is 3.93. The Morgan fingerprint density at radius 3 is 2.50 bits per heavy atom. The summed E-state index contributed by atoms with van der Waals surface area (Å²) in [6, 6.07) is 14.3. The van der Waals surface area contributed by atoms with Gasteiger partial charge in [0.25, 0.3) is 6.02 Å². The molecule has 124 valence electrons. The Hall–Kier alpha value is -2.82. The van der Waals surface area contributed by atoms with E-state index in [-0.39, 0.29) is 11.9 Å². The predicted octanol–water partition coefficient (Wildman–Crippen LogP) is 3.30. The third-order valence-electron chi connectivity index (χ3n) is 4.02. The quantitative estimate of drug-likeness (QED) is 0.845. The molecular formula is C19H21N3O2. The highest BCUT2D eigenvalue weighted by Gasteiger charge is 2.11. The standard InChI is InChI=1S/C10H11N3O2.C9H10/c1-6(14)12-8-2-3-9-7(4-8)5-15-10(11)13-9;1-2-5-9-7-3-6-8(9)4-1/h2-4H,5H2,1H3,(H2,11,13)(H,12,14);1-2,4-5H,3,6-7H2. The summed E-state index contributed by atoms with van der Waals surface area (Å²) in [7, 11) is 0. The fourth-order valence-electron chi connectivity index (χ4n) is 2.91. The van der Waals surface area contributed by atoms with Crippen LogP contribution in [0.4, 0.5) is 11.4 Å². The molecule has 1 heterocycles. The van der Waals surface area contributed by atoms with E-state index < -0.39 is 0 Å². The molecule has 0 atom stereocenters. The Morgan fingerprint density at radius 1 is 1.12 bits per heavy atom. The maximum atomic E-state index is 10.8. The number of carbonyl (C=O) groups is 1. The number of hydrogen-bond donors (Lipinski definition) is 2. The molecule has 0 saturated carbocycles. The Balaban J connectivity index is 0.000000159. The highest BCUT2D eigenvalue weighted by atomic mass is 16.5. The number of nitrogens with one attached hydrogen (secondary N) is 1. The number of aryl methyl sites for hydroxylation is 2. The highest BCUT2D eigenvalue weighted by molar-refractivity contribution is 5.89. The van der Waals surface area contributed by atoms with E-state index in [2.05, 4.69) is 34.6 Å². The molecule has 24 heavy (non-hydrogen) atoms. The molecule has 0 unspecified atom stereocenters. The minimum atomic E-state index is -0.102. The van der Waals surface area contributed by atoms with E-state index in [1.807, 2.05) is 6.07 Å². The second-order valence-corrected chi connectivity index (χ2v) is 5.89. The van der Waals surface area contributed by atoms with E-state index in [1.165, 1.54) is 26.2 Å². The van der Waals surface area contributed by atoms with Gasteiger partial charge in [0.05, 0.1) is 5.69 Å². The van der Waals surface area contributed by atoms with Crippen LogP contribution >= 0.6 is 0 Å². The molecule has 5 nitrogen and oxygen atoms in total. The first kappa shape index (κ1) is 16.1. The molecule has 1 amide bonds. The van der Waals surface area contributed by atoms with Crippen molar-refractivity contribution in [1.82, 2.24) is 0 Å². The van der Waals surface area contributed by atoms with Gasteiger partial charge < -0.3 is 15.8 Å². The second-order valence-electron chi connectivity index (χ2n) is 5.89. The van der Waals surface area contributed by atoms with Crippen LogP contribution in [0.2, 0.25) is 0 Å². The van der Waals surface area contributed by atoms with E-state index in [9.17, 15) is 4.79 Å². The van der Waals surface area contributed by atoms with Gasteiger partial charge in [0.2, 0.25) is 5.91 Å². The molecule has 0 radical (unpaired) electrons. The number of aliphatic imine (C=N–C) groups is 1. The van der Waals surface area contributed by atoms with Crippen LogP contribution in [0, 0.1) is 0 Å². The van der Waals surface area contributed by atoms with Gasteiger partial charge in [-0.05, 0) is 48.6 Å². The van der Waals surface area contributed by atoms with Crippen LogP contribution < -0.4 is 11.1 Å². The number of carbonyl (C=O) groups excluding carboxylic acids is 1. The zero-order chi connectivity index (χ0) is 16.9. The lowest BCUT2D eigenvalue weighted by Crippen LogP contribution is -2.18. The average Bonchev–Trinajstić information content (AvgIpc) is 3.04. The Labute approximate surface area is 141 Å². The van der Waals surface area contributed by atoms with E-state index in [4.69, 9.17) is 10.5 Å². The van der Waals surface area contributed by atoms with Crippen LogP contribution in [0.15, 0.2) is 47.5 Å². The zero-order valence-corrected chi connectivity index (χ0v) is 13.7. The van der Waals surface area contributed by atoms with Gasteiger partial charge in [-0.1, -0.05) is 24.3 Å². The van der Waals surface area contributed by atoms with Crippen LogP contribution in [0.25, 0.3) is 0 Å². The summed E-state index contributed by atoms with van der Waals surface area (Å²) in [6.45, 7) is 1.85. The first-order valence-corrected chi connectivity index (χ1v) is 8.06. The van der Waals surface area contributed by atoms with Gasteiger partial charge in [-0.25, -0.2) is 0 Å². The summed E-state index contributed by atoms with van der Waals surface area (Å²) in [5, 5.41) is 2.69. The van der Waals surface area contributed by atoms with Crippen molar-refractivity contribution in [2.75, 3.05) is 5.32 Å². The maximum Gasteiger partial charge on any atom is 0.287 e. The number of amides is 1. The SMILES string of the molecule is CC(=O)Nc1ccc2c(c1)COC(N)=N2.c1ccc2c(c1)CCC2. The molecule has 0 fully saturated rings. The molecule has 0 spiro atoms. The van der Waals surface area contributed by atoms with Gasteiger partial charge >= 0.3 is 0 Å². The molecule has 3 N–H and O–H groups in total. The van der Waals surface area contributed by atoms with Crippen molar-refractivity contribution in [1.29, 1.82) is 0 Å². The first-order chi connectivity index (χ1) is 11.6. The fraction of sp³-hybridized carbons (Fsp3) is 0.263. The van der Waals surface area contributed by atoms with E-state index in [0.29, 0.717) is 6.61 Å². The predicted molar refractivity (Wildman–Crippen MR) is 95.3 cm³/mol. The summed E-state index contributed by atoms with van der Waals surface area (Å²) in [4.78, 5) is 14.9. The molecule has 5 heteroatoms. The van der Waals surface area contributed by atoms with Gasteiger partial charge in [0, 0.05) is 18.2 Å². The molecular weight excluding hydrogens is 302 g/mol. The molecule has 1 aliphatic carbocycles. The Morgan fingerprint density at radius 2 is 1.83 bits per heavy atom. The lowest BCUT2D eigenvalue weighted by Gasteiger charge is -2.14. The van der Waals surface area contributed by atoms with Crippen molar-refractivity contribution >= 4 is 23.3 Å². The summed E-state index contributed by atoms with van der Waals surface area (Å²) >= 11 is 0. The number of hydrogen-bond acceptors (Lipinski definition) is 4. The van der Waals surface area contributed by atoms with Crippen molar-refractivity contribution in [2.45, 2.75) is 32.8 Å². The fourth-order valence-corrected chi connectivity index (χ4v) is 2.91. The van der Waals surface area contributed by atoms with E-state index in [0.717, 1.165) is 16.9 Å². The molecule has 0 aromatic heterocycles. The summed E-state index contributed by atoms with van der Waals surface area (Å²) in [6.07, 6.45) is 3.96. The maximum absolute atomic E-state index is 10.8. The molecule has 0 bridgehead atoms. The smallest absolute Gasteiger partial charge is 0.287 e. The molecule has 0 saturated heterocycles. The average molecular weight is 323 g/mol. The number of ether oxygens (including phenoxy) is 1. The van der Waals surface area contributed by atoms with Gasteiger partial charge in [0.1, 0.15) is 6.61 Å².